The molecule has 0 atom stereocenters. The van der Waals surface area contributed by atoms with Crippen LogP contribution in [0.2, 0.25) is 0 Å². The Morgan fingerprint density at radius 3 is 2.85 bits per heavy atom. The molecule has 1 heterocycles. The van der Waals surface area contributed by atoms with E-state index in [2.05, 4.69) is 11.9 Å². The van der Waals surface area contributed by atoms with Crippen molar-refractivity contribution in [1.29, 1.82) is 0 Å². The molecule has 2 N–H and O–H groups in total. The summed E-state index contributed by atoms with van der Waals surface area (Å²) in [5, 5.41) is 1.06. The zero-order valence-corrected chi connectivity index (χ0v) is 7.62. The quantitative estimate of drug-likeness (QED) is 0.717. The maximum atomic E-state index is 5.99. The Bertz CT molecular complexity index is 435. The standard InChI is InChI=1S/C11H12N2/c1-2-8-7-13-10-6-4-3-5-9(10)11(8)12/h3-7H,2H2,1H3,(H2,12,13). The van der Waals surface area contributed by atoms with Gasteiger partial charge in [0.15, 0.2) is 0 Å². The number of hydrogen-bond donors (Lipinski definition) is 1. The molecule has 0 radical (unpaired) electrons. The Morgan fingerprint density at radius 1 is 1.31 bits per heavy atom. The lowest BCUT2D eigenvalue weighted by atomic mass is 10.1. The molecule has 0 aliphatic rings. The summed E-state index contributed by atoms with van der Waals surface area (Å²) in [6.45, 7) is 2.09. The van der Waals surface area contributed by atoms with E-state index in [1.165, 1.54) is 0 Å². The molecule has 0 bridgehead atoms. The molecule has 1 aromatic carbocycles. The molecule has 0 spiro atoms. The van der Waals surface area contributed by atoms with E-state index in [1.807, 2.05) is 30.5 Å². The number of aromatic nitrogens is 1. The summed E-state index contributed by atoms with van der Waals surface area (Å²) < 4.78 is 0. The summed E-state index contributed by atoms with van der Waals surface area (Å²) in [5.74, 6) is 0. The highest BCUT2D eigenvalue weighted by atomic mass is 14.7. The minimum Gasteiger partial charge on any atom is -0.398 e. The molecule has 0 fully saturated rings. The smallest absolute Gasteiger partial charge is 0.0722 e. The van der Waals surface area contributed by atoms with E-state index in [-0.39, 0.29) is 0 Å². The number of benzene rings is 1. The van der Waals surface area contributed by atoms with Gasteiger partial charge < -0.3 is 5.73 Å². The van der Waals surface area contributed by atoms with Crippen LogP contribution in [-0.2, 0) is 6.42 Å². The monoisotopic (exact) mass is 172 g/mol. The minimum absolute atomic E-state index is 0.869. The molecule has 0 saturated heterocycles. The average Bonchev–Trinajstić information content (AvgIpc) is 2.19. The van der Waals surface area contributed by atoms with Gasteiger partial charge in [-0.25, -0.2) is 0 Å². The third-order valence-electron chi connectivity index (χ3n) is 2.28. The van der Waals surface area contributed by atoms with Crippen LogP contribution in [0.3, 0.4) is 0 Å². The number of hydrogen-bond acceptors (Lipinski definition) is 2. The van der Waals surface area contributed by atoms with E-state index in [0.717, 1.165) is 28.6 Å². The first kappa shape index (κ1) is 8.05. The van der Waals surface area contributed by atoms with Crippen LogP contribution >= 0.6 is 0 Å². The summed E-state index contributed by atoms with van der Waals surface area (Å²) in [5.41, 5.74) is 8.95. The van der Waals surface area contributed by atoms with Crippen LogP contribution in [0.15, 0.2) is 30.5 Å². The SMILES string of the molecule is CCc1cnc2ccccc2c1N. The molecule has 13 heavy (non-hydrogen) atoms. The maximum absolute atomic E-state index is 5.99. The number of nitrogens with two attached hydrogens (primary N) is 1. The number of nitrogens with zero attached hydrogens (tertiary/aromatic N) is 1. The van der Waals surface area contributed by atoms with E-state index >= 15 is 0 Å². The van der Waals surface area contributed by atoms with Crippen molar-refractivity contribution in [1.82, 2.24) is 4.98 Å². The predicted octanol–water partition coefficient (Wildman–Crippen LogP) is 2.38. The van der Waals surface area contributed by atoms with Crippen molar-refractivity contribution in [2.75, 3.05) is 5.73 Å². The maximum Gasteiger partial charge on any atom is 0.0722 e. The van der Waals surface area contributed by atoms with Gasteiger partial charge in [-0.3, -0.25) is 4.98 Å². The summed E-state index contributed by atoms with van der Waals surface area (Å²) in [4.78, 5) is 4.33. The van der Waals surface area contributed by atoms with Crippen molar-refractivity contribution in [3.63, 3.8) is 0 Å². The second-order valence-electron chi connectivity index (χ2n) is 3.07. The fraction of sp³-hybridized carbons (Fsp3) is 0.182. The molecular weight excluding hydrogens is 160 g/mol. The Morgan fingerprint density at radius 2 is 2.08 bits per heavy atom. The lowest BCUT2D eigenvalue weighted by Crippen LogP contribution is -1.95. The summed E-state index contributed by atoms with van der Waals surface area (Å²) >= 11 is 0. The van der Waals surface area contributed by atoms with Gasteiger partial charge in [0.1, 0.15) is 0 Å². The zero-order chi connectivity index (χ0) is 9.26. The number of pyridine rings is 1. The van der Waals surface area contributed by atoms with Crippen LogP contribution in [0.5, 0.6) is 0 Å². The molecule has 0 amide bonds. The summed E-state index contributed by atoms with van der Waals surface area (Å²) in [6.07, 6.45) is 2.79. The lowest BCUT2D eigenvalue weighted by molar-refractivity contribution is 1.12. The van der Waals surface area contributed by atoms with E-state index in [0.29, 0.717) is 0 Å². The third-order valence-corrected chi connectivity index (χ3v) is 2.28. The Labute approximate surface area is 77.4 Å². The predicted molar refractivity (Wildman–Crippen MR) is 55.5 cm³/mol. The second-order valence-corrected chi connectivity index (χ2v) is 3.07. The van der Waals surface area contributed by atoms with E-state index < -0.39 is 0 Å². The van der Waals surface area contributed by atoms with Crippen molar-refractivity contribution in [2.24, 2.45) is 0 Å². The van der Waals surface area contributed by atoms with Crippen LogP contribution < -0.4 is 5.73 Å². The van der Waals surface area contributed by atoms with Crippen LogP contribution in [0.4, 0.5) is 5.69 Å². The third kappa shape index (κ3) is 1.24. The van der Waals surface area contributed by atoms with Crippen molar-refractivity contribution >= 4 is 16.6 Å². The van der Waals surface area contributed by atoms with Gasteiger partial charge in [-0.2, -0.15) is 0 Å². The van der Waals surface area contributed by atoms with Gasteiger partial charge in [0.25, 0.3) is 0 Å². The van der Waals surface area contributed by atoms with Crippen LogP contribution in [0.25, 0.3) is 10.9 Å². The van der Waals surface area contributed by atoms with Gasteiger partial charge in [-0.15, -0.1) is 0 Å². The van der Waals surface area contributed by atoms with Crippen molar-refractivity contribution in [3.05, 3.63) is 36.0 Å². The number of rotatable bonds is 1. The minimum atomic E-state index is 0.869. The second kappa shape index (κ2) is 3.05. The molecule has 2 nitrogen and oxygen atoms in total. The van der Waals surface area contributed by atoms with Crippen molar-refractivity contribution < 1.29 is 0 Å². The Balaban J connectivity index is 2.79. The molecule has 66 valence electrons. The van der Waals surface area contributed by atoms with Gasteiger partial charge in [0, 0.05) is 17.3 Å². The highest BCUT2D eigenvalue weighted by Gasteiger charge is 2.02. The summed E-state index contributed by atoms with van der Waals surface area (Å²) in [6, 6.07) is 7.95. The lowest BCUT2D eigenvalue weighted by Gasteiger charge is -2.05. The molecule has 2 rings (SSSR count). The number of anilines is 1. The largest absolute Gasteiger partial charge is 0.398 e. The number of para-hydroxylation sites is 1. The zero-order valence-electron chi connectivity index (χ0n) is 7.62. The van der Waals surface area contributed by atoms with E-state index in [4.69, 9.17) is 5.73 Å². The molecule has 0 aliphatic heterocycles. The average molecular weight is 172 g/mol. The molecular formula is C11H12N2. The van der Waals surface area contributed by atoms with E-state index in [9.17, 15) is 0 Å². The molecule has 2 aromatic rings. The normalized spacial score (nSPS) is 10.5. The molecule has 2 heteroatoms. The number of nitrogen functional groups attached to an aromatic ring is 1. The molecule has 1 aromatic heterocycles. The fourth-order valence-electron chi connectivity index (χ4n) is 1.49. The van der Waals surface area contributed by atoms with Gasteiger partial charge >= 0.3 is 0 Å². The highest BCUT2D eigenvalue weighted by Crippen LogP contribution is 2.22. The highest BCUT2D eigenvalue weighted by molar-refractivity contribution is 5.91. The van der Waals surface area contributed by atoms with Crippen LogP contribution in [0.1, 0.15) is 12.5 Å². The fourth-order valence-corrected chi connectivity index (χ4v) is 1.49. The Kier molecular flexibility index (Phi) is 1.89. The summed E-state index contributed by atoms with van der Waals surface area (Å²) in [7, 11) is 0. The van der Waals surface area contributed by atoms with Gasteiger partial charge in [-0.1, -0.05) is 25.1 Å². The van der Waals surface area contributed by atoms with Gasteiger partial charge in [-0.05, 0) is 18.1 Å². The first-order valence-corrected chi connectivity index (χ1v) is 4.45. The van der Waals surface area contributed by atoms with Crippen molar-refractivity contribution in [2.45, 2.75) is 13.3 Å². The topological polar surface area (TPSA) is 38.9 Å². The van der Waals surface area contributed by atoms with Gasteiger partial charge in [0.05, 0.1) is 5.52 Å². The molecule has 0 aliphatic carbocycles. The van der Waals surface area contributed by atoms with Crippen LogP contribution in [-0.4, -0.2) is 4.98 Å². The molecule has 0 unspecified atom stereocenters. The van der Waals surface area contributed by atoms with E-state index in [1.54, 1.807) is 0 Å². The first-order valence-electron chi connectivity index (χ1n) is 4.45. The Hall–Kier alpha value is -1.57. The van der Waals surface area contributed by atoms with Crippen LogP contribution in [0, 0.1) is 0 Å². The van der Waals surface area contributed by atoms with Crippen molar-refractivity contribution in [3.8, 4) is 0 Å². The first-order chi connectivity index (χ1) is 6.33. The van der Waals surface area contributed by atoms with Gasteiger partial charge in [0.2, 0.25) is 0 Å². The molecule has 0 saturated carbocycles. The number of aryl methyl sites for hydroxylation is 1. The number of fused-ring (bicyclic) bond motifs is 1.